The summed E-state index contributed by atoms with van der Waals surface area (Å²) in [5.74, 6) is 0.700. The maximum atomic E-state index is 11.9. The number of carbonyl (C=O) groups is 1. The van der Waals surface area contributed by atoms with Crippen molar-refractivity contribution in [2.75, 3.05) is 24.5 Å². The van der Waals surface area contributed by atoms with Crippen molar-refractivity contribution in [1.82, 2.24) is 10.3 Å². The summed E-state index contributed by atoms with van der Waals surface area (Å²) >= 11 is 0. The zero-order valence-electron chi connectivity index (χ0n) is 13.4. The molecule has 0 bridgehead atoms. The van der Waals surface area contributed by atoms with E-state index in [4.69, 9.17) is 5.73 Å². The highest BCUT2D eigenvalue weighted by molar-refractivity contribution is 5.85. The molecule has 2 heterocycles. The van der Waals surface area contributed by atoms with Crippen molar-refractivity contribution < 1.29 is 4.79 Å². The van der Waals surface area contributed by atoms with Crippen LogP contribution in [0.5, 0.6) is 0 Å². The molecule has 1 aliphatic rings. The quantitative estimate of drug-likeness (QED) is 0.866. The molecule has 1 atom stereocenters. The Morgan fingerprint density at radius 2 is 1.95 bits per heavy atom. The van der Waals surface area contributed by atoms with Crippen LogP contribution in [-0.4, -0.2) is 36.6 Å². The summed E-state index contributed by atoms with van der Waals surface area (Å²) in [5.41, 5.74) is 7.08. The molecular formula is C16H27ClN4O. The third-order valence-corrected chi connectivity index (χ3v) is 4.23. The van der Waals surface area contributed by atoms with E-state index in [1.807, 2.05) is 38.4 Å². The highest BCUT2D eigenvalue weighted by atomic mass is 35.5. The molecule has 5 nitrogen and oxygen atoms in total. The number of rotatable bonds is 5. The molecule has 6 heteroatoms. The lowest BCUT2D eigenvalue weighted by Crippen LogP contribution is -2.46. The van der Waals surface area contributed by atoms with Crippen molar-refractivity contribution in [3.05, 3.63) is 24.5 Å². The molecule has 2 rings (SSSR count). The number of carbonyl (C=O) groups excluding carboxylic acids is 1. The fraction of sp³-hybridized carbons (Fsp3) is 0.625. The van der Waals surface area contributed by atoms with Gasteiger partial charge in [-0.2, -0.15) is 0 Å². The van der Waals surface area contributed by atoms with E-state index in [0.717, 1.165) is 32.5 Å². The number of halogens is 1. The molecule has 0 aliphatic carbocycles. The van der Waals surface area contributed by atoms with Crippen LogP contribution >= 0.6 is 12.4 Å². The van der Waals surface area contributed by atoms with Crippen LogP contribution in [0.3, 0.4) is 0 Å². The molecule has 124 valence electrons. The van der Waals surface area contributed by atoms with Gasteiger partial charge in [-0.25, -0.2) is 0 Å². The first-order valence-electron chi connectivity index (χ1n) is 7.76. The van der Waals surface area contributed by atoms with Crippen LogP contribution in [0.4, 0.5) is 5.69 Å². The minimum Gasteiger partial charge on any atom is -0.371 e. The Balaban J connectivity index is 0.00000242. The van der Waals surface area contributed by atoms with Gasteiger partial charge in [-0.05, 0) is 36.8 Å². The average molecular weight is 327 g/mol. The van der Waals surface area contributed by atoms with Crippen molar-refractivity contribution in [3.8, 4) is 0 Å². The fourth-order valence-electron chi connectivity index (χ4n) is 2.62. The number of anilines is 1. The number of pyridine rings is 1. The minimum absolute atomic E-state index is 0. The standard InChI is InChI=1S/C16H26N4O.ClH/c1-12(2)15(17)16(21)19-11-13-5-9-20(10-6-13)14-3-7-18-8-4-14;/h3-4,7-8,12-13,15H,5-6,9-11,17H2,1-2H3,(H,19,21);1H/t15-;/m0./s1. The highest BCUT2D eigenvalue weighted by Gasteiger charge is 2.22. The summed E-state index contributed by atoms with van der Waals surface area (Å²) in [5, 5.41) is 3.00. The molecule has 0 unspecified atom stereocenters. The summed E-state index contributed by atoms with van der Waals surface area (Å²) in [4.78, 5) is 18.3. The third-order valence-electron chi connectivity index (χ3n) is 4.23. The van der Waals surface area contributed by atoms with E-state index in [9.17, 15) is 4.79 Å². The Kier molecular flexibility index (Phi) is 7.62. The SMILES string of the molecule is CC(C)[C@H](N)C(=O)NCC1CCN(c2ccncc2)CC1.Cl. The van der Waals surface area contributed by atoms with Crippen LogP contribution in [-0.2, 0) is 4.79 Å². The van der Waals surface area contributed by atoms with Gasteiger partial charge in [0, 0.05) is 37.7 Å². The molecule has 1 amide bonds. The Labute approximate surface area is 139 Å². The Morgan fingerprint density at radius 3 is 2.50 bits per heavy atom. The van der Waals surface area contributed by atoms with Gasteiger partial charge in [0.25, 0.3) is 0 Å². The second-order valence-corrected chi connectivity index (χ2v) is 6.15. The summed E-state index contributed by atoms with van der Waals surface area (Å²) in [6.07, 6.45) is 5.85. The van der Waals surface area contributed by atoms with Gasteiger partial charge in [-0.3, -0.25) is 9.78 Å². The smallest absolute Gasteiger partial charge is 0.237 e. The van der Waals surface area contributed by atoms with E-state index in [0.29, 0.717) is 5.92 Å². The zero-order chi connectivity index (χ0) is 15.2. The van der Waals surface area contributed by atoms with E-state index in [1.165, 1.54) is 5.69 Å². The van der Waals surface area contributed by atoms with Gasteiger partial charge in [0.05, 0.1) is 6.04 Å². The molecule has 3 N–H and O–H groups in total. The Bertz CT molecular complexity index is 447. The van der Waals surface area contributed by atoms with Crippen molar-refractivity contribution in [1.29, 1.82) is 0 Å². The van der Waals surface area contributed by atoms with E-state index in [-0.39, 0.29) is 24.2 Å². The van der Waals surface area contributed by atoms with Crippen LogP contribution in [0.15, 0.2) is 24.5 Å². The molecule has 1 aliphatic heterocycles. The minimum atomic E-state index is -0.401. The second kappa shape index (κ2) is 8.96. The van der Waals surface area contributed by atoms with Gasteiger partial charge >= 0.3 is 0 Å². The van der Waals surface area contributed by atoms with Gasteiger partial charge in [0.15, 0.2) is 0 Å². The number of nitrogens with zero attached hydrogens (tertiary/aromatic N) is 2. The van der Waals surface area contributed by atoms with Gasteiger partial charge in [-0.15, -0.1) is 12.4 Å². The first-order chi connectivity index (χ1) is 10.1. The molecule has 0 aromatic carbocycles. The number of nitrogens with two attached hydrogens (primary N) is 1. The van der Waals surface area contributed by atoms with Crippen molar-refractivity contribution in [2.45, 2.75) is 32.7 Å². The topological polar surface area (TPSA) is 71.2 Å². The lowest BCUT2D eigenvalue weighted by molar-refractivity contribution is -0.123. The lowest BCUT2D eigenvalue weighted by Gasteiger charge is -2.33. The Hall–Kier alpha value is -1.33. The monoisotopic (exact) mass is 326 g/mol. The Morgan fingerprint density at radius 1 is 1.36 bits per heavy atom. The highest BCUT2D eigenvalue weighted by Crippen LogP contribution is 2.22. The van der Waals surface area contributed by atoms with Crippen LogP contribution in [0.1, 0.15) is 26.7 Å². The molecular weight excluding hydrogens is 300 g/mol. The van der Waals surface area contributed by atoms with Crippen molar-refractivity contribution in [3.63, 3.8) is 0 Å². The first kappa shape index (κ1) is 18.7. The number of hydrogen-bond acceptors (Lipinski definition) is 4. The van der Waals surface area contributed by atoms with Gasteiger partial charge in [0.2, 0.25) is 5.91 Å². The maximum absolute atomic E-state index is 11.9. The van der Waals surface area contributed by atoms with E-state index in [2.05, 4.69) is 15.2 Å². The van der Waals surface area contributed by atoms with Crippen molar-refractivity contribution >= 4 is 24.0 Å². The average Bonchev–Trinajstić information content (AvgIpc) is 2.53. The van der Waals surface area contributed by atoms with Gasteiger partial charge in [-0.1, -0.05) is 13.8 Å². The maximum Gasteiger partial charge on any atom is 0.237 e. The largest absolute Gasteiger partial charge is 0.371 e. The molecule has 1 aromatic heterocycles. The third kappa shape index (κ3) is 5.14. The summed E-state index contributed by atoms with van der Waals surface area (Å²) in [6, 6.07) is 3.69. The molecule has 1 aromatic rings. The molecule has 0 radical (unpaired) electrons. The van der Waals surface area contributed by atoms with Crippen LogP contribution < -0.4 is 16.0 Å². The fourth-order valence-corrected chi connectivity index (χ4v) is 2.62. The molecule has 0 spiro atoms. The number of hydrogen-bond donors (Lipinski definition) is 2. The molecule has 22 heavy (non-hydrogen) atoms. The van der Waals surface area contributed by atoms with Gasteiger partial charge in [0.1, 0.15) is 0 Å². The van der Waals surface area contributed by atoms with E-state index < -0.39 is 6.04 Å². The number of nitrogens with one attached hydrogen (secondary N) is 1. The number of aromatic nitrogens is 1. The van der Waals surface area contributed by atoms with E-state index in [1.54, 1.807) is 0 Å². The number of amides is 1. The van der Waals surface area contributed by atoms with Crippen LogP contribution in [0.25, 0.3) is 0 Å². The number of piperidine rings is 1. The summed E-state index contributed by atoms with van der Waals surface area (Å²) in [6.45, 7) is 6.74. The van der Waals surface area contributed by atoms with Crippen molar-refractivity contribution in [2.24, 2.45) is 17.6 Å². The second-order valence-electron chi connectivity index (χ2n) is 6.15. The summed E-state index contributed by atoms with van der Waals surface area (Å²) in [7, 11) is 0. The van der Waals surface area contributed by atoms with E-state index >= 15 is 0 Å². The van der Waals surface area contributed by atoms with Gasteiger partial charge < -0.3 is 16.0 Å². The molecule has 1 saturated heterocycles. The molecule has 0 saturated carbocycles. The first-order valence-corrected chi connectivity index (χ1v) is 7.76. The summed E-state index contributed by atoms with van der Waals surface area (Å²) < 4.78 is 0. The zero-order valence-corrected chi connectivity index (χ0v) is 14.2. The predicted molar refractivity (Wildman–Crippen MR) is 92.2 cm³/mol. The normalized spacial score (nSPS) is 17.0. The lowest BCUT2D eigenvalue weighted by atomic mass is 9.96. The predicted octanol–water partition coefficient (Wildman–Crippen LogP) is 1.82. The van der Waals surface area contributed by atoms with Crippen LogP contribution in [0, 0.1) is 11.8 Å². The molecule has 1 fully saturated rings. The van der Waals surface area contributed by atoms with Crippen LogP contribution in [0.2, 0.25) is 0 Å².